The van der Waals surface area contributed by atoms with E-state index in [-0.39, 0.29) is 24.5 Å². The third-order valence-electron chi connectivity index (χ3n) is 7.80. The Kier molecular flexibility index (Phi) is 8.42. The molecular weight excluding hydrogens is 492 g/mol. The van der Waals surface area contributed by atoms with E-state index in [9.17, 15) is 9.59 Å². The predicted octanol–water partition coefficient (Wildman–Crippen LogP) is 4.29. The number of carbonyl (C=O) groups is 2. The van der Waals surface area contributed by atoms with Crippen LogP contribution in [0.25, 0.3) is 0 Å². The molecule has 2 unspecified atom stereocenters. The van der Waals surface area contributed by atoms with Crippen LogP contribution in [-0.4, -0.2) is 65.5 Å². The van der Waals surface area contributed by atoms with Crippen LogP contribution in [0.15, 0.2) is 73.1 Å². The van der Waals surface area contributed by atoms with E-state index < -0.39 is 0 Å². The molecule has 2 aliphatic rings. The fourth-order valence-electron chi connectivity index (χ4n) is 5.79. The van der Waals surface area contributed by atoms with Gasteiger partial charge in [0.2, 0.25) is 5.91 Å². The van der Waals surface area contributed by atoms with Gasteiger partial charge in [0.25, 0.3) is 5.91 Å². The second-order valence-electron chi connectivity index (χ2n) is 10.2. The number of pyridine rings is 1. The first-order valence-corrected chi connectivity index (χ1v) is 13.6. The van der Waals surface area contributed by atoms with Crippen LogP contribution in [0, 0.1) is 0 Å². The van der Waals surface area contributed by atoms with Crippen LogP contribution >= 0.6 is 0 Å². The highest BCUT2D eigenvalue weighted by Crippen LogP contribution is 2.33. The zero-order valence-electron chi connectivity index (χ0n) is 22.7. The molecule has 0 saturated carbocycles. The number of fused-ring (bicyclic) bond motifs is 3. The quantitative estimate of drug-likeness (QED) is 0.475. The highest BCUT2D eigenvalue weighted by Gasteiger charge is 2.36. The van der Waals surface area contributed by atoms with Crippen LogP contribution in [0.3, 0.4) is 0 Å². The number of carbonyl (C=O) groups excluding carboxylic acids is 2. The molecule has 8 nitrogen and oxygen atoms in total. The Balaban J connectivity index is 1.45. The highest BCUT2D eigenvalue weighted by atomic mass is 16.5. The van der Waals surface area contributed by atoms with Crippen molar-refractivity contribution in [3.63, 3.8) is 0 Å². The Morgan fingerprint density at radius 3 is 2.41 bits per heavy atom. The molecule has 0 radical (unpaired) electrons. The van der Waals surface area contributed by atoms with Crippen molar-refractivity contribution in [3.05, 3.63) is 84.2 Å². The normalized spacial score (nSPS) is 19.6. The molecule has 2 aliphatic heterocycles. The van der Waals surface area contributed by atoms with Gasteiger partial charge in [-0.15, -0.1) is 0 Å². The third kappa shape index (κ3) is 6.23. The van der Waals surface area contributed by atoms with Gasteiger partial charge in [-0.2, -0.15) is 0 Å². The van der Waals surface area contributed by atoms with E-state index in [0.717, 1.165) is 37.1 Å². The molecule has 0 aliphatic carbocycles. The number of para-hydroxylation sites is 3. The van der Waals surface area contributed by atoms with Crippen molar-refractivity contribution in [3.8, 4) is 11.5 Å². The van der Waals surface area contributed by atoms with Crippen LogP contribution in [0.4, 0.5) is 5.69 Å². The van der Waals surface area contributed by atoms with Crippen LogP contribution in [-0.2, 0) is 22.7 Å². The molecule has 0 N–H and O–H groups in total. The Hall–Kier alpha value is -3.91. The largest absolute Gasteiger partial charge is 0.493 e. The Bertz CT molecular complexity index is 1280. The summed E-state index contributed by atoms with van der Waals surface area (Å²) < 4.78 is 11.3. The smallest absolute Gasteiger partial charge is 0.260 e. The number of benzene rings is 2. The first-order valence-electron chi connectivity index (χ1n) is 13.6. The molecule has 39 heavy (non-hydrogen) atoms. The van der Waals surface area contributed by atoms with Crippen LogP contribution in [0.1, 0.15) is 37.3 Å². The molecule has 204 valence electrons. The van der Waals surface area contributed by atoms with Crippen LogP contribution in [0.2, 0.25) is 0 Å². The Morgan fingerprint density at radius 1 is 0.923 bits per heavy atom. The van der Waals surface area contributed by atoms with E-state index in [2.05, 4.69) is 9.88 Å². The van der Waals surface area contributed by atoms with Gasteiger partial charge in [0.05, 0.1) is 7.11 Å². The lowest BCUT2D eigenvalue weighted by atomic mass is 10.1. The third-order valence-corrected chi connectivity index (χ3v) is 7.80. The molecule has 2 bridgehead atoms. The average Bonchev–Trinajstić information content (AvgIpc) is 3.31. The Labute approximate surface area is 230 Å². The standard InChI is InChI=1S/C31H36N4O4/c1-23(36)34-18-15-26-11-12-27(35(26)19-24-13-16-32-17-14-24)21-33(20-25-7-3-4-8-28(25)34)31(37)22-39-30-10-6-5-9-29(30)38-2/h3-10,13-14,16-17,26-27H,11-12,15,18-22H2,1-2H3. The highest BCUT2D eigenvalue weighted by molar-refractivity contribution is 5.92. The summed E-state index contributed by atoms with van der Waals surface area (Å²) in [6, 6.07) is 19.9. The number of amides is 2. The molecule has 2 atom stereocenters. The lowest BCUT2D eigenvalue weighted by molar-refractivity contribution is -0.134. The van der Waals surface area contributed by atoms with E-state index in [0.29, 0.717) is 37.2 Å². The number of nitrogens with zero attached hydrogens (tertiary/aromatic N) is 4. The van der Waals surface area contributed by atoms with E-state index in [1.54, 1.807) is 20.1 Å². The molecular formula is C31H36N4O4. The summed E-state index contributed by atoms with van der Waals surface area (Å²) in [6.07, 6.45) is 6.54. The van der Waals surface area contributed by atoms with Crippen molar-refractivity contribution in [1.82, 2.24) is 14.8 Å². The Morgan fingerprint density at radius 2 is 1.64 bits per heavy atom. The topological polar surface area (TPSA) is 75.2 Å². The number of anilines is 1. The lowest BCUT2D eigenvalue weighted by Crippen LogP contribution is -2.46. The van der Waals surface area contributed by atoms with Gasteiger partial charge in [0, 0.05) is 63.3 Å². The zero-order valence-corrected chi connectivity index (χ0v) is 22.7. The number of methoxy groups -OCH3 is 1. The first-order chi connectivity index (χ1) is 19.0. The lowest BCUT2D eigenvalue weighted by Gasteiger charge is -2.34. The maximum Gasteiger partial charge on any atom is 0.260 e. The molecule has 1 saturated heterocycles. The minimum absolute atomic E-state index is 0.00862. The van der Waals surface area contributed by atoms with Gasteiger partial charge < -0.3 is 19.3 Å². The summed E-state index contributed by atoms with van der Waals surface area (Å²) in [5.74, 6) is 1.04. The van der Waals surface area contributed by atoms with Crippen LogP contribution in [0.5, 0.6) is 11.5 Å². The zero-order chi connectivity index (χ0) is 27.2. The number of aromatic nitrogens is 1. The summed E-state index contributed by atoms with van der Waals surface area (Å²) >= 11 is 0. The first kappa shape index (κ1) is 26.7. The summed E-state index contributed by atoms with van der Waals surface area (Å²) in [5.41, 5.74) is 3.02. The molecule has 2 amide bonds. The van der Waals surface area contributed by atoms with Gasteiger partial charge in [0.15, 0.2) is 18.1 Å². The van der Waals surface area contributed by atoms with E-state index in [4.69, 9.17) is 9.47 Å². The minimum Gasteiger partial charge on any atom is -0.493 e. The van der Waals surface area contributed by atoms with Gasteiger partial charge in [-0.25, -0.2) is 0 Å². The van der Waals surface area contributed by atoms with Gasteiger partial charge in [-0.3, -0.25) is 19.5 Å². The van der Waals surface area contributed by atoms with Crippen LogP contribution < -0.4 is 14.4 Å². The van der Waals surface area contributed by atoms with E-state index in [1.165, 1.54) is 5.56 Å². The van der Waals surface area contributed by atoms with E-state index >= 15 is 0 Å². The van der Waals surface area contributed by atoms with Crippen molar-refractivity contribution in [2.45, 2.75) is 51.4 Å². The predicted molar refractivity (Wildman–Crippen MR) is 150 cm³/mol. The molecule has 3 heterocycles. The number of hydrogen-bond donors (Lipinski definition) is 0. The van der Waals surface area contributed by atoms with Gasteiger partial charge in [-0.05, 0) is 60.7 Å². The summed E-state index contributed by atoms with van der Waals surface area (Å²) in [7, 11) is 1.59. The number of ether oxygens (including phenoxy) is 2. The second-order valence-corrected chi connectivity index (χ2v) is 10.2. The summed E-state index contributed by atoms with van der Waals surface area (Å²) in [5, 5.41) is 0. The molecule has 0 spiro atoms. The summed E-state index contributed by atoms with van der Waals surface area (Å²) in [6.45, 7) is 3.93. The SMILES string of the molecule is COc1ccccc1OCC(=O)N1Cc2ccccc2N(C(C)=O)CCC2CCC(C1)N2Cc1ccncc1. The summed E-state index contributed by atoms with van der Waals surface area (Å²) in [4.78, 5) is 37.0. The molecule has 3 aromatic rings. The average molecular weight is 529 g/mol. The second kappa shape index (κ2) is 12.3. The number of hydrogen-bond acceptors (Lipinski definition) is 6. The van der Waals surface area contributed by atoms with Crippen molar-refractivity contribution >= 4 is 17.5 Å². The van der Waals surface area contributed by atoms with Crippen molar-refractivity contribution < 1.29 is 19.1 Å². The maximum atomic E-state index is 13.7. The fraction of sp³-hybridized carbons (Fsp3) is 0.387. The molecule has 5 rings (SSSR count). The van der Waals surface area contributed by atoms with Gasteiger partial charge in [0.1, 0.15) is 0 Å². The van der Waals surface area contributed by atoms with Crippen molar-refractivity contribution in [1.29, 1.82) is 0 Å². The number of rotatable bonds is 6. The fourth-order valence-corrected chi connectivity index (χ4v) is 5.79. The molecule has 1 aromatic heterocycles. The van der Waals surface area contributed by atoms with Crippen molar-refractivity contribution in [2.75, 3.05) is 31.7 Å². The van der Waals surface area contributed by atoms with Gasteiger partial charge >= 0.3 is 0 Å². The monoisotopic (exact) mass is 528 g/mol. The molecule has 2 aromatic carbocycles. The molecule has 8 heteroatoms. The minimum atomic E-state index is -0.100. The maximum absolute atomic E-state index is 13.7. The van der Waals surface area contributed by atoms with E-state index in [1.807, 2.05) is 76.8 Å². The molecule has 1 fully saturated rings. The van der Waals surface area contributed by atoms with Gasteiger partial charge in [-0.1, -0.05) is 30.3 Å². The van der Waals surface area contributed by atoms with Crippen molar-refractivity contribution in [2.24, 2.45) is 0 Å².